The van der Waals surface area contributed by atoms with Crippen LogP contribution >= 0.6 is 0 Å². The highest BCUT2D eigenvalue weighted by Crippen LogP contribution is 2.20. The lowest BCUT2D eigenvalue weighted by molar-refractivity contribution is -0.144. The summed E-state index contributed by atoms with van der Waals surface area (Å²) in [6.07, 6.45) is -3.06. The molecule has 1 saturated heterocycles. The molecule has 0 saturated carbocycles. The van der Waals surface area contributed by atoms with Crippen LogP contribution in [0.25, 0.3) is 0 Å². The topological polar surface area (TPSA) is 301 Å². The summed E-state index contributed by atoms with van der Waals surface area (Å²) in [5.41, 5.74) is 11.1. The van der Waals surface area contributed by atoms with Gasteiger partial charge >= 0.3 is 11.9 Å². The van der Waals surface area contributed by atoms with E-state index in [4.69, 9.17) is 16.6 Å². The lowest BCUT2D eigenvalue weighted by atomic mass is 10.0. The Kier molecular flexibility index (Phi) is 13.8. The second kappa shape index (κ2) is 17.3. The van der Waals surface area contributed by atoms with Gasteiger partial charge in [0, 0.05) is 19.4 Å². The van der Waals surface area contributed by atoms with Crippen LogP contribution in [0.15, 0.2) is 30.3 Å². The van der Waals surface area contributed by atoms with Crippen molar-refractivity contribution in [1.29, 1.82) is 0 Å². The van der Waals surface area contributed by atoms with Gasteiger partial charge in [0.05, 0.1) is 25.6 Å². The Bertz CT molecular complexity index is 1280. The second-order valence-electron chi connectivity index (χ2n) is 10.2. The largest absolute Gasteiger partial charge is 0.481 e. The Morgan fingerprint density at radius 3 is 2.13 bits per heavy atom. The van der Waals surface area contributed by atoms with Crippen molar-refractivity contribution >= 4 is 47.4 Å². The number of carbonyl (C=O) groups is 8. The molecule has 0 spiro atoms. The van der Waals surface area contributed by atoms with E-state index in [9.17, 15) is 48.6 Å². The molecule has 0 unspecified atom stereocenters. The van der Waals surface area contributed by atoms with Gasteiger partial charge in [-0.15, -0.1) is 0 Å². The standard InChI is InChI=1S/C27H37N7O11/c28-12-20(37)32-16(10-14-4-2-1-3-5-14)26(43)34-9-8-18(35)23(34)25(42)30-13-21(38)31-15(6-7-22(39)40)24(41)33-17(27(44)45)11-19(29)36/h1-5,15-18,23,35H,6-13,28H2,(H2,29,36)(H,30,42)(H,31,38)(H,32,37)(H,33,41)(H,39,40)(H,44,45)/t15-,16-,17-,18-,23-/m0/s1. The van der Waals surface area contributed by atoms with Crippen molar-refractivity contribution < 1.29 is 53.7 Å². The Morgan fingerprint density at radius 1 is 0.911 bits per heavy atom. The number of carboxylic acid groups (broad SMARTS) is 2. The molecule has 2 rings (SSSR count). The first-order valence-electron chi connectivity index (χ1n) is 13.9. The summed E-state index contributed by atoms with van der Waals surface area (Å²) in [6, 6.07) is 2.85. The van der Waals surface area contributed by atoms with Crippen LogP contribution in [0.4, 0.5) is 0 Å². The molecule has 0 aliphatic carbocycles. The summed E-state index contributed by atoms with van der Waals surface area (Å²) in [4.78, 5) is 98.5. The number of amides is 6. The molecule has 18 nitrogen and oxygen atoms in total. The quantitative estimate of drug-likeness (QED) is 0.0783. The highest BCUT2D eigenvalue weighted by atomic mass is 16.4. The minimum atomic E-state index is -1.74. The van der Waals surface area contributed by atoms with Gasteiger partial charge in [0.25, 0.3) is 0 Å². The number of carboxylic acids is 2. The molecule has 5 atom stereocenters. The van der Waals surface area contributed by atoms with E-state index in [0.29, 0.717) is 5.56 Å². The van der Waals surface area contributed by atoms with Crippen LogP contribution in [0.3, 0.4) is 0 Å². The van der Waals surface area contributed by atoms with E-state index in [1.807, 2.05) is 5.32 Å². The molecule has 18 heteroatoms. The van der Waals surface area contributed by atoms with Gasteiger partial charge < -0.3 is 53.0 Å². The van der Waals surface area contributed by atoms with Gasteiger partial charge in [-0.3, -0.25) is 33.6 Å². The number of likely N-dealkylation sites (tertiary alicyclic amines) is 1. The van der Waals surface area contributed by atoms with E-state index in [-0.39, 0.29) is 19.4 Å². The Morgan fingerprint density at radius 2 is 1.56 bits per heavy atom. The molecule has 0 aromatic heterocycles. The van der Waals surface area contributed by atoms with Crippen molar-refractivity contribution in [2.45, 2.75) is 62.4 Å². The van der Waals surface area contributed by atoms with E-state index in [0.717, 1.165) is 4.90 Å². The first-order chi connectivity index (χ1) is 21.2. The Balaban J connectivity index is 2.11. The number of nitrogens with one attached hydrogen (secondary N) is 4. The normalized spacial score (nSPS) is 17.7. The first-order valence-corrected chi connectivity index (χ1v) is 13.9. The summed E-state index contributed by atoms with van der Waals surface area (Å²) < 4.78 is 0. The molecular formula is C27H37N7O11. The van der Waals surface area contributed by atoms with E-state index in [2.05, 4.69) is 16.0 Å². The predicted octanol–water partition coefficient (Wildman–Crippen LogP) is -4.45. The van der Waals surface area contributed by atoms with Crippen LogP contribution in [-0.4, -0.2) is 118 Å². The molecule has 0 radical (unpaired) electrons. The molecule has 1 fully saturated rings. The van der Waals surface area contributed by atoms with Crippen molar-refractivity contribution in [3.63, 3.8) is 0 Å². The number of carbonyl (C=O) groups excluding carboxylic acids is 6. The summed E-state index contributed by atoms with van der Waals surface area (Å²) in [7, 11) is 0. The predicted molar refractivity (Wildman–Crippen MR) is 152 cm³/mol. The van der Waals surface area contributed by atoms with Crippen LogP contribution in [0.5, 0.6) is 0 Å². The van der Waals surface area contributed by atoms with E-state index < -0.39 is 110 Å². The van der Waals surface area contributed by atoms with Crippen molar-refractivity contribution in [2.75, 3.05) is 19.6 Å². The fourth-order valence-corrected chi connectivity index (χ4v) is 4.57. The van der Waals surface area contributed by atoms with E-state index >= 15 is 0 Å². The summed E-state index contributed by atoms with van der Waals surface area (Å²) >= 11 is 0. The van der Waals surface area contributed by atoms with Crippen LogP contribution in [0.1, 0.15) is 31.2 Å². The van der Waals surface area contributed by atoms with Gasteiger partial charge in [0.2, 0.25) is 35.4 Å². The highest BCUT2D eigenvalue weighted by Gasteiger charge is 2.43. The van der Waals surface area contributed by atoms with Gasteiger partial charge in [-0.25, -0.2) is 4.79 Å². The number of hydrogen-bond acceptors (Lipinski definition) is 10. The number of hydrogen-bond donors (Lipinski definition) is 9. The summed E-state index contributed by atoms with van der Waals surface area (Å²) in [5, 5.41) is 37.7. The van der Waals surface area contributed by atoms with Crippen molar-refractivity contribution in [2.24, 2.45) is 11.5 Å². The minimum absolute atomic E-state index is 0.0202. The smallest absolute Gasteiger partial charge is 0.326 e. The summed E-state index contributed by atoms with van der Waals surface area (Å²) in [5.74, 6) is -8.27. The van der Waals surface area contributed by atoms with Crippen LogP contribution in [0.2, 0.25) is 0 Å². The molecule has 6 amide bonds. The fourth-order valence-electron chi connectivity index (χ4n) is 4.57. The van der Waals surface area contributed by atoms with Gasteiger partial charge in [0.1, 0.15) is 24.2 Å². The molecular weight excluding hydrogens is 598 g/mol. The maximum Gasteiger partial charge on any atom is 0.326 e. The van der Waals surface area contributed by atoms with Gasteiger partial charge in [-0.2, -0.15) is 0 Å². The maximum absolute atomic E-state index is 13.5. The molecule has 45 heavy (non-hydrogen) atoms. The second-order valence-corrected chi connectivity index (χ2v) is 10.2. The molecule has 246 valence electrons. The van der Waals surface area contributed by atoms with E-state index in [1.165, 1.54) is 0 Å². The lowest BCUT2D eigenvalue weighted by Crippen LogP contribution is -2.58. The number of benzene rings is 1. The zero-order valence-corrected chi connectivity index (χ0v) is 24.1. The number of nitrogens with two attached hydrogens (primary N) is 2. The molecule has 1 heterocycles. The number of aliphatic hydroxyl groups is 1. The Hall–Kier alpha value is -5.10. The maximum atomic E-state index is 13.5. The first kappa shape index (κ1) is 36.1. The monoisotopic (exact) mass is 635 g/mol. The summed E-state index contributed by atoms with van der Waals surface area (Å²) in [6.45, 7) is -1.21. The SMILES string of the molecule is NCC(=O)N[C@@H](Cc1ccccc1)C(=O)N1CC[C@H](O)[C@H]1C(=O)NCC(=O)N[C@@H](CCC(=O)O)C(=O)N[C@@H](CC(N)=O)C(=O)O. The Labute approximate surface area is 256 Å². The number of nitrogens with zero attached hydrogens (tertiary/aromatic N) is 1. The van der Waals surface area contributed by atoms with E-state index in [1.54, 1.807) is 30.3 Å². The molecule has 1 aromatic carbocycles. The lowest BCUT2D eigenvalue weighted by Gasteiger charge is -2.29. The molecule has 1 aromatic rings. The van der Waals surface area contributed by atoms with Gasteiger partial charge in [0.15, 0.2) is 0 Å². The minimum Gasteiger partial charge on any atom is -0.481 e. The van der Waals surface area contributed by atoms with Gasteiger partial charge in [-0.05, 0) is 18.4 Å². The van der Waals surface area contributed by atoms with Crippen LogP contribution in [-0.2, 0) is 44.8 Å². The van der Waals surface area contributed by atoms with Crippen molar-refractivity contribution in [3.05, 3.63) is 35.9 Å². The zero-order chi connectivity index (χ0) is 33.7. The third kappa shape index (κ3) is 11.5. The third-order valence-electron chi connectivity index (χ3n) is 6.76. The average molecular weight is 636 g/mol. The number of aliphatic carboxylic acids is 2. The molecule has 1 aliphatic heterocycles. The molecule has 1 aliphatic rings. The van der Waals surface area contributed by atoms with Crippen LogP contribution in [0, 0.1) is 0 Å². The van der Waals surface area contributed by atoms with Crippen LogP contribution < -0.4 is 32.7 Å². The number of rotatable bonds is 17. The number of aliphatic hydroxyl groups excluding tert-OH is 1. The number of primary amides is 1. The molecule has 11 N–H and O–H groups in total. The fraction of sp³-hybridized carbons (Fsp3) is 0.481. The van der Waals surface area contributed by atoms with Gasteiger partial charge in [-0.1, -0.05) is 30.3 Å². The molecule has 0 bridgehead atoms. The highest BCUT2D eigenvalue weighted by molar-refractivity contribution is 5.96. The third-order valence-corrected chi connectivity index (χ3v) is 6.76. The van der Waals surface area contributed by atoms with Crippen molar-refractivity contribution in [1.82, 2.24) is 26.2 Å². The zero-order valence-electron chi connectivity index (χ0n) is 24.1. The average Bonchev–Trinajstić information content (AvgIpc) is 3.38. The van der Waals surface area contributed by atoms with Crippen molar-refractivity contribution in [3.8, 4) is 0 Å².